The van der Waals surface area contributed by atoms with Crippen molar-refractivity contribution in [2.75, 3.05) is 45.1 Å². The molecular formula is C25H26F3N5O4. The predicted octanol–water partition coefficient (Wildman–Crippen LogP) is 3.54. The number of ether oxygens (including phenoxy) is 2. The maximum atomic E-state index is 13.0. The summed E-state index contributed by atoms with van der Waals surface area (Å²) in [4.78, 5) is 37.0. The smallest absolute Gasteiger partial charge is 0.406 e. The Hall–Kier alpha value is -3.80. The van der Waals surface area contributed by atoms with E-state index in [-0.39, 0.29) is 29.0 Å². The van der Waals surface area contributed by atoms with Gasteiger partial charge in [-0.2, -0.15) is 0 Å². The van der Waals surface area contributed by atoms with Gasteiger partial charge < -0.3 is 30.0 Å². The molecule has 0 saturated carbocycles. The number of carbonyl (C=O) groups excluding carboxylic acids is 2. The van der Waals surface area contributed by atoms with Crippen molar-refractivity contribution < 1.29 is 32.2 Å². The second-order valence-corrected chi connectivity index (χ2v) is 9.13. The first kappa shape index (κ1) is 24.9. The Morgan fingerprint density at radius 3 is 2.43 bits per heavy atom. The molecule has 2 aliphatic rings. The number of nitrogen functional groups attached to an aromatic ring is 1. The molecule has 2 fully saturated rings. The number of benzene rings is 1. The molecule has 2 amide bonds. The minimum atomic E-state index is -4.84. The number of anilines is 1. The van der Waals surface area contributed by atoms with Crippen LogP contribution in [-0.4, -0.2) is 77.3 Å². The SMILES string of the molecule is Nc1cc(OC(F)(F)F)ccc1C(=O)N1CCC(c2c[nH]c3ncc(C(=O)N4CCOCC4)cc23)CC1. The number of morpholine rings is 1. The van der Waals surface area contributed by atoms with E-state index in [1.54, 1.807) is 16.0 Å². The second kappa shape index (κ2) is 9.92. The first-order valence-corrected chi connectivity index (χ1v) is 12.0. The summed E-state index contributed by atoms with van der Waals surface area (Å²) >= 11 is 0. The number of aromatic amines is 1. The molecule has 12 heteroatoms. The van der Waals surface area contributed by atoms with E-state index in [9.17, 15) is 22.8 Å². The standard InChI is InChI=1S/C25H26F3N5O4/c26-25(27,28)37-17-1-2-18(21(29)12-17)24(35)32-5-3-15(4-6-32)20-14-31-22-19(20)11-16(13-30-22)23(34)33-7-9-36-10-8-33/h1-2,11-15H,3-10,29H2,(H,30,31). The van der Waals surface area contributed by atoms with Gasteiger partial charge in [0.1, 0.15) is 11.4 Å². The minimum Gasteiger partial charge on any atom is -0.406 e. The normalized spacial score (nSPS) is 17.3. The number of amides is 2. The van der Waals surface area contributed by atoms with Crippen LogP contribution in [0.25, 0.3) is 11.0 Å². The molecule has 0 bridgehead atoms. The summed E-state index contributed by atoms with van der Waals surface area (Å²) < 4.78 is 46.6. The van der Waals surface area contributed by atoms with E-state index in [1.807, 2.05) is 12.3 Å². The fraction of sp³-hybridized carbons (Fsp3) is 0.400. The monoisotopic (exact) mass is 517 g/mol. The summed E-state index contributed by atoms with van der Waals surface area (Å²) in [6.45, 7) is 3.04. The van der Waals surface area contributed by atoms with Gasteiger partial charge in [-0.1, -0.05) is 0 Å². The lowest BCUT2D eigenvalue weighted by atomic mass is 9.89. The van der Waals surface area contributed by atoms with Crippen molar-refractivity contribution in [1.29, 1.82) is 0 Å². The van der Waals surface area contributed by atoms with Crippen LogP contribution in [0, 0.1) is 0 Å². The zero-order valence-corrected chi connectivity index (χ0v) is 19.9. The summed E-state index contributed by atoms with van der Waals surface area (Å²) in [6.07, 6.45) is -0.00336. The third-order valence-corrected chi connectivity index (χ3v) is 6.82. The fourth-order valence-corrected chi connectivity index (χ4v) is 4.92. The van der Waals surface area contributed by atoms with Crippen LogP contribution in [0.2, 0.25) is 0 Å². The molecule has 0 spiro atoms. The van der Waals surface area contributed by atoms with Gasteiger partial charge in [0.05, 0.1) is 24.3 Å². The number of pyridine rings is 1. The molecule has 4 heterocycles. The van der Waals surface area contributed by atoms with Crippen LogP contribution in [0.1, 0.15) is 45.0 Å². The van der Waals surface area contributed by atoms with Gasteiger partial charge in [0.25, 0.3) is 11.8 Å². The Morgan fingerprint density at radius 1 is 1.05 bits per heavy atom. The highest BCUT2D eigenvalue weighted by atomic mass is 19.4. The summed E-state index contributed by atoms with van der Waals surface area (Å²) in [5.41, 5.74) is 8.18. The molecule has 9 nitrogen and oxygen atoms in total. The van der Waals surface area contributed by atoms with Gasteiger partial charge in [-0.05, 0) is 42.5 Å². The van der Waals surface area contributed by atoms with Crippen molar-refractivity contribution in [3.05, 3.63) is 53.3 Å². The van der Waals surface area contributed by atoms with Gasteiger partial charge in [-0.15, -0.1) is 13.2 Å². The van der Waals surface area contributed by atoms with Crippen LogP contribution in [0.5, 0.6) is 5.75 Å². The van der Waals surface area contributed by atoms with Gasteiger partial charge in [0.15, 0.2) is 0 Å². The molecule has 3 N–H and O–H groups in total. The lowest BCUT2D eigenvalue weighted by Gasteiger charge is -2.32. The highest BCUT2D eigenvalue weighted by Crippen LogP contribution is 2.34. The van der Waals surface area contributed by atoms with Crippen molar-refractivity contribution in [2.45, 2.75) is 25.1 Å². The van der Waals surface area contributed by atoms with Gasteiger partial charge >= 0.3 is 6.36 Å². The third kappa shape index (κ3) is 5.33. The van der Waals surface area contributed by atoms with E-state index in [1.165, 1.54) is 6.07 Å². The van der Waals surface area contributed by atoms with Crippen LogP contribution in [0.3, 0.4) is 0 Å². The molecule has 1 aromatic carbocycles. The lowest BCUT2D eigenvalue weighted by molar-refractivity contribution is -0.274. The number of halogens is 3. The zero-order valence-electron chi connectivity index (χ0n) is 19.9. The predicted molar refractivity (Wildman–Crippen MR) is 128 cm³/mol. The number of aromatic nitrogens is 2. The van der Waals surface area contributed by atoms with Gasteiger partial charge in [-0.25, -0.2) is 4.98 Å². The molecule has 2 saturated heterocycles. The maximum Gasteiger partial charge on any atom is 0.573 e. The van der Waals surface area contributed by atoms with Crippen LogP contribution >= 0.6 is 0 Å². The molecule has 2 aliphatic heterocycles. The molecule has 196 valence electrons. The Kier molecular flexibility index (Phi) is 6.67. The minimum absolute atomic E-state index is 0.0745. The van der Waals surface area contributed by atoms with Gasteiger partial charge in [-0.3, -0.25) is 9.59 Å². The highest BCUT2D eigenvalue weighted by molar-refractivity contribution is 5.99. The number of nitrogens with one attached hydrogen (secondary N) is 1. The highest BCUT2D eigenvalue weighted by Gasteiger charge is 2.32. The quantitative estimate of drug-likeness (QED) is 0.512. The number of hydrogen-bond donors (Lipinski definition) is 2. The molecule has 37 heavy (non-hydrogen) atoms. The van der Waals surface area contributed by atoms with Crippen LogP contribution < -0.4 is 10.5 Å². The first-order valence-electron chi connectivity index (χ1n) is 12.0. The summed E-state index contributed by atoms with van der Waals surface area (Å²) in [5.74, 6) is -0.740. The maximum absolute atomic E-state index is 13.0. The molecule has 0 unspecified atom stereocenters. The molecule has 0 aliphatic carbocycles. The first-order chi connectivity index (χ1) is 17.7. The topological polar surface area (TPSA) is 114 Å². The lowest BCUT2D eigenvalue weighted by Crippen LogP contribution is -2.40. The molecule has 5 rings (SSSR count). The summed E-state index contributed by atoms with van der Waals surface area (Å²) in [5, 5.41) is 0.883. The zero-order chi connectivity index (χ0) is 26.2. The molecule has 0 atom stereocenters. The van der Waals surface area contributed by atoms with Crippen molar-refractivity contribution in [2.24, 2.45) is 0 Å². The van der Waals surface area contributed by atoms with Gasteiger partial charge in [0.2, 0.25) is 0 Å². The van der Waals surface area contributed by atoms with E-state index in [2.05, 4.69) is 14.7 Å². The largest absolute Gasteiger partial charge is 0.573 e. The van der Waals surface area contributed by atoms with Crippen molar-refractivity contribution in [3.8, 4) is 5.75 Å². The van der Waals surface area contributed by atoms with Crippen LogP contribution in [-0.2, 0) is 4.74 Å². The number of nitrogens with zero attached hydrogens (tertiary/aromatic N) is 3. The molecular weight excluding hydrogens is 491 g/mol. The number of alkyl halides is 3. The van der Waals surface area contributed by atoms with Crippen molar-refractivity contribution in [3.63, 3.8) is 0 Å². The van der Waals surface area contributed by atoms with E-state index < -0.39 is 12.1 Å². The molecule has 3 aromatic rings. The fourth-order valence-electron chi connectivity index (χ4n) is 4.92. The number of nitrogens with two attached hydrogens (primary N) is 1. The van der Waals surface area contributed by atoms with Crippen molar-refractivity contribution >= 4 is 28.5 Å². The van der Waals surface area contributed by atoms with Crippen LogP contribution in [0.4, 0.5) is 18.9 Å². The van der Waals surface area contributed by atoms with E-state index in [4.69, 9.17) is 10.5 Å². The Labute approximate surface area is 210 Å². The Bertz CT molecular complexity index is 1310. The third-order valence-electron chi connectivity index (χ3n) is 6.82. The summed E-state index contributed by atoms with van der Waals surface area (Å²) in [7, 11) is 0. The number of rotatable bonds is 4. The average Bonchev–Trinajstić information content (AvgIpc) is 3.31. The number of piperidine rings is 1. The number of likely N-dealkylation sites (tertiary alicyclic amines) is 1. The Morgan fingerprint density at radius 2 is 1.76 bits per heavy atom. The number of fused-ring (bicyclic) bond motifs is 1. The van der Waals surface area contributed by atoms with E-state index in [0.29, 0.717) is 63.4 Å². The van der Waals surface area contributed by atoms with Gasteiger partial charge in [0, 0.05) is 55.7 Å². The summed E-state index contributed by atoms with van der Waals surface area (Å²) in [6, 6.07) is 5.21. The van der Waals surface area contributed by atoms with Crippen molar-refractivity contribution in [1.82, 2.24) is 19.8 Å². The number of hydrogen-bond acceptors (Lipinski definition) is 6. The van der Waals surface area contributed by atoms with Crippen LogP contribution in [0.15, 0.2) is 36.7 Å². The molecule has 0 radical (unpaired) electrons. The van der Waals surface area contributed by atoms with E-state index >= 15 is 0 Å². The second-order valence-electron chi connectivity index (χ2n) is 9.13. The molecule has 2 aromatic heterocycles. The Balaban J connectivity index is 1.27. The average molecular weight is 518 g/mol. The number of H-pyrrole nitrogens is 1. The number of carbonyl (C=O) groups is 2. The van der Waals surface area contributed by atoms with E-state index in [0.717, 1.165) is 23.1 Å².